The summed E-state index contributed by atoms with van der Waals surface area (Å²) in [4.78, 5) is 33.9. The molecule has 6 heteroatoms. The number of ketones is 1. The molecule has 0 aromatic carbocycles. The summed E-state index contributed by atoms with van der Waals surface area (Å²) >= 11 is 0. The van der Waals surface area contributed by atoms with E-state index in [0.29, 0.717) is 0 Å². The molecule has 0 amide bonds. The molecule has 92 valence electrons. The highest BCUT2D eigenvalue weighted by Crippen LogP contribution is 2.00. The van der Waals surface area contributed by atoms with Crippen LogP contribution in [0, 0.1) is 0 Å². The number of carbonyl (C=O) groups is 3. The van der Waals surface area contributed by atoms with Gasteiger partial charge in [0.15, 0.2) is 0 Å². The molecule has 0 bridgehead atoms. The molecular formula is C10H16O6. The van der Waals surface area contributed by atoms with Crippen LogP contribution in [0.3, 0.4) is 0 Å². The normalized spacial score (nSPS) is 11.7. The topological polar surface area (TPSA) is 78.9 Å². The van der Waals surface area contributed by atoms with Crippen molar-refractivity contribution in [3.63, 3.8) is 0 Å². The van der Waals surface area contributed by atoms with E-state index in [1.165, 1.54) is 0 Å². The third-order valence-corrected chi connectivity index (χ3v) is 1.55. The molecule has 0 rings (SSSR count). The van der Waals surface area contributed by atoms with E-state index in [1.807, 2.05) is 0 Å². The minimum absolute atomic E-state index is 0.0617. The Morgan fingerprint density at radius 1 is 0.938 bits per heavy atom. The number of esters is 2. The van der Waals surface area contributed by atoms with Crippen LogP contribution in [0.15, 0.2) is 0 Å². The van der Waals surface area contributed by atoms with Gasteiger partial charge in [-0.15, -0.1) is 0 Å². The third-order valence-electron chi connectivity index (χ3n) is 1.55. The maximum Gasteiger partial charge on any atom is 0.378 e. The lowest BCUT2D eigenvalue weighted by Gasteiger charge is -2.13. The molecule has 16 heavy (non-hydrogen) atoms. The molecule has 1 atom stereocenters. The number of rotatable bonds is 7. The molecule has 0 N–H and O–H groups in total. The van der Waals surface area contributed by atoms with Gasteiger partial charge >= 0.3 is 11.9 Å². The maximum atomic E-state index is 11.4. The van der Waals surface area contributed by atoms with Gasteiger partial charge in [-0.25, -0.2) is 9.59 Å². The number of ether oxygens (including phenoxy) is 3. The van der Waals surface area contributed by atoms with Gasteiger partial charge in [-0.2, -0.15) is 0 Å². The SMILES string of the molecule is CCOC(=O)C(=O)C(OCC)C(=O)OCC. The van der Waals surface area contributed by atoms with Gasteiger partial charge in [0.25, 0.3) is 5.78 Å². The minimum atomic E-state index is -1.52. The fourth-order valence-electron chi connectivity index (χ4n) is 0.945. The van der Waals surface area contributed by atoms with Crippen molar-refractivity contribution in [2.24, 2.45) is 0 Å². The highest BCUT2D eigenvalue weighted by atomic mass is 16.6. The molecule has 0 radical (unpaired) electrons. The van der Waals surface area contributed by atoms with Crippen LogP contribution < -0.4 is 0 Å². The van der Waals surface area contributed by atoms with E-state index in [0.717, 1.165) is 0 Å². The van der Waals surface area contributed by atoms with Gasteiger partial charge in [0.2, 0.25) is 6.10 Å². The van der Waals surface area contributed by atoms with Crippen molar-refractivity contribution in [1.29, 1.82) is 0 Å². The Balaban J connectivity index is 4.57. The van der Waals surface area contributed by atoms with E-state index in [2.05, 4.69) is 9.47 Å². The van der Waals surface area contributed by atoms with Gasteiger partial charge in [0.1, 0.15) is 0 Å². The first kappa shape index (κ1) is 14.6. The number of Topliss-reactive ketones (excluding diaryl/α,β-unsaturated/α-hetero) is 1. The average Bonchev–Trinajstić information content (AvgIpc) is 2.25. The Kier molecular flexibility index (Phi) is 7.11. The molecule has 0 aromatic heterocycles. The molecule has 6 nitrogen and oxygen atoms in total. The summed E-state index contributed by atoms with van der Waals surface area (Å²) in [6.45, 7) is 5.05. The molecule has 0 saturated carbocycles. The lowest BCUT2D eigenvalue weighted by atomic mass is 10.2. The zero-order chi connectivity index (χ0) is 12.6. The molecule has 0 aliphatic rings. The van der Waals surface area contributed by atoms with Crippen LogP contribution in [0.2, 0.25) is 0 Å². The van der Waals surface area contributed by atoms with Gasteiger partial charge in [-0.3, -0.25) is 4.79 Å². The predicted octanol–water partition coefficient (Wildman–Crippen LogP) is 0.0868. The average molecular weight is 232 g/mol. The summed E-state index contributed by atoms with van der Waals surface area (Å²) in [7, 11) is 0. The van der Waals surface area contributed by atoms with Gasteiger partial charge in [0.05, 0.1) is 13.2 Å². The first-order valence-corrected chi connectivity index (χ1v) is 5.07. The van der Waals surface area contributed by atoms with Crippen molar-refractivity contribution in [2.45, 2.75) is 26.9 Å². The van der Waals surface area contributed by atoms with Crippen molar-refractivity contribution < 1.29 is 28.6 Å². The molecule has 0 spiro atoms. The minimum Gasteiger partial charge on any atom is -0.464 e. The second-order valence-electron chi connectivity index (χ2n) is 2.67. The summed E-state index contributed by atoms with van der Waals surface area (Å²) in [5.41, 5.74) is 0. The van der Waals surface area contributed by atoms with Crippen molar-refractivity contribution >= 4 is 17.7 Å². The third kappa shape index (κ3) is 4.39. The summed E-state index contributed by atoms with van der Waals surface area (Å²) in [5.74, 6) is -3.00. The van der Waals surface area contributed by atoms with E-state index in [1.54, 1.807) is 20.8 Å². The van der Waals surface area contributed by atoms with Gasteiger partial charge in [0, 0.05) is 6.61 Å². The van der Waals surface area contributed by atoms with Crippen molar-refractivity contribution in [3.05, 3.63) is 0 Å². The molecule has 0 aromatic rings. The van der Waals surface area contributed by atoms with Crippen molar-refractivity contribution in [2.75, 3.05) is 19.8 Å². The molecule has 0 saturated heterocycles. The Hall–Kier alpha value is -1.43. The Bertz CT molecular complexity index is 260. The molecule has 0 heterocycles. The molecular weight excluding hydrogens is 216 g/mol. The van der Waals surface area contributed by atoms with Crippen LogP contribution in [0.1, 0.15) is 20.8 Å². The van der Waals surface area contributed by atoms with Crippen LogP contribution in [-0.2, 0) is 28.6 Å². The number of hydrogen-bond acceptors (Lipinski definition) is 6. The Morgan fingerprint density at radius 3 is 1.94 bits per heavy atom. The maximum absolute atomic E-state index is 11.4. The summed E-state index contributed by atoms with van der Waals surface area (Å²) in [6.07, 6.45) is -1.52. The number of carbonyl (C=O) groups excluding carboxylic acids is 3. The van der Waals surface area contributed by atoms with E-state index in [4.69, 9.17) is 4.74 Å². The monoisotopic (exact) mass is 232 g/mol. The molecule has 0 aliphatic heterocycles. The fraction of sp³-hybridized carbons (Fsp3) is 0.700. The van der Waals surface area contributed by atoms with Crippen molar-refractivity contribution in [1.82, 2.24) is 0 Å². The number of hydrogen-bond donors (Lipinski definition) is 0. The highest BCUT2D eigenvalue weighted by molar-refractivity contribution is 6.39. The molecule has 0 fully saturated rings. The quantitative estimate of drug-likeness (QED) is 0.351. The highest BCUT2D eigenvalue weighted by Gasteiger charge is 2.34. The van der Waals surface area contributed by atoms with Crippen molar-refractivity contribution in [3.8, 4) is 0 Å². The smallest absolute Gasteiger partial charge is 0.378 e. The van der Waals surface area contributed by atoms with E-state index < -0.39 is 23.8 Å². The van der Waals surface area contributed by atoms with E-state index in [9.17, 15) is 14.4 Å². The zero-order valence-electron chi connectivity index (χ0n) is 9.65. The summed E-state index contributed by atoms with van der Waals surface area (Å²) < 4.78 is 14.0. The van der Waals surface area contributed by atoms with Crippen LogP contribution in [0.25, 0.3) is 0 Å². The Labute approximate surface area is 93.8 Å². The van der Waals surface area contributed by atoms with E-state index in [-0.39, 0.29) is 19.8 Å². The fourth-order valence-corrected chi connectivity index (χ4v) is 0.945. The predicted molar refractivity (Wildman–Crippen MR) is 53.7 cm³/mol. The summed E-state index contributed by atoms with van der Waals surface area (Å²) in [5, 5.41) is 0. The Morgan fingerprint density at radius 2 is 1.50 bits per heavy atom. The van der Waals surface area contributed by atoms with Crippen LogP contribution in [0.4, 0.5) is 0 Å². The van der Waals surface area contributed by atoms with Gasteiger partial charge in [-0.1, -0.05) is 0 Å². The van der Waals surface area contributed by atoms with Crippen LogP contribution in [-0.4, -0.2) is 43.6 Å². The first-order chi connectivity index (χ1) is 7.58. The second-order valence-corrected chi connectivity index (χ2v) is 2.67. The largest absolute Gasteiger partial charge is 0.464 e. The lowest BCUT2D eigenvalue weighted by molar-refractivity contribution is -0.169. The molecule has 0 aliphatic carbocycles. The van der Waals surface area contributed by atoms with Crippen LogP contribution in [0.5, 0.6) is 0 Å². The van der Waals surface area contributed by atoms with Gasteiger partial charge < -0.3 is 14.2 Å². The van der Waals surface area contributed by atoms with E-state index >= 15 is 0 Å². The first-order valence-electron chi connectivity index (χ1n) is 5.07. The molecule has 1 unspecified atom stereocenters. The summed E-state index contributed by atoms with van der Waals surface area (Å²) in [6, 6.07) is 0. The lowest BCUT2D eigenvalue weighted by Crippen LogP contribution is -2.39. The second kappa shape index (κ2) is 7.81. The van der Waals surface area contributed by atoms with Crippen LogP contribution >= 0.6 is 0 Å². The van der Waals surface area contributed by atoms with Gasteiger partial charge in [-0.05, 0) is 20.8 Å². The standard InChI is InChI=1S/C10H16O6/c1-4-14-8(10(13)16-6-3)7(11)9(12)15-5-2/h8H,4-6H2,1-3H3. The zero-order valence-corrected chi connectivity index (χ0v) is 9.65.